The number of anilines is 1. The summed E-state index contributed by atoms with van der Waals surface area (Å²) >= 11 is 1.45. The summed E-state index contributed by atoms with van der Waals surface area (Å²) in [6, 6.07) is 22.6. The molecule has 0 radical (unpaired) electrons. The Labute approximate surface area is 216 Å². The van der Waals surface area contributed by atoms with E-state index in [4.69, 9.17) is 0 Å². The van der Waals surface area contributed by atoms with Gasteiger partial charge in [-0.15, -0.1) is 10.2 Å². The monoisotopic (exact) mass is 497 g/mol. The van der Waals surface area contributed by atoms with E-state index in [1.165, 1.54) is 36.6 Å². The maximum Gasteiger partial charge on any atom is 0.234 e. The number of hydrogen-bond acceptors (Lipinski definition) is 5. The number of pyridine rings is 1. The van der Waals surface area contributed by atoms with Gasteiger partial charge in [-0.3, -0.25) is 14.3 Å². The number of nitrogens with one attached hydrogen (secondary N) is 1. The molecule has 1 N–H and O–H groups in total. The molecule has 0 bridgehead atoms. The molecule has 2 atom stereocenters. The van der Waals surface area contributed by atoms with Gasteiger partial charge in [-0.05, 0) is 54.5 Å². The fourth-order valence-corrected chi connectivity index (χ4v) is 5.77. The number of hydrogen-bond donors (Lipinski definition) is 1. The van der Waals surface area contributed by atoms with Crippen LogP contribution < -0.4 is 5.32 Å². The van der Waals surface area contributed by atoms with Gasteiger partial charge < -0.3 is 5.32 Å². The maximum absolute atomic E-state index is 13.0. The molecule has 36 heavy (non-hydrogen) atoms. The van der Waals surface area contributed by atoms with E-state index in [-0.39, 0.29) is 11.7 Å². The fourth-order valence-electron chi connectivity index (χ4n) is 4.98. The molecular weight excluding hydrogens is 466 g/mol. The van der Waals surface area contributed by atoms with Crippen molar-refractivity contribution in [3.05, 3.63) is 90.3 Å². The average Bonchev–Trinajstić information content (AvgIpc) is 3.34. The molecule has 0 spiro atoms. The molecule has 1 saturated carbocycles. The van der Waals surface area contributed by atoms with Crippen molar-refractivity contribution in [2.75, 3.05) is 11.1 Å². The number of aromatic nitrogens is 4. The zero-order valence-corrected chi connectivity index (χ0v) is 21.3. The standard InChI is InChI=1S/C29H31N5OS/c1-21-10-5-8-16-26(21)34-28(24-14-9-17-30-19-24)32-33-29(34)36-20-27(35)31-25-15-7-6-13-23(25)18-22-11-3-2-4-12-22/h2-4,6-7,9,11-15,17,19,21,26H,5,8,10,16,18,20H2,1H3,(H,31,35)/t21-,26-/m1/s1. The Kier molecular flexibility index (Phi) is 7.76. The summed E-state index contributed by atoms with van der Waals surface area (Å²) in [4.78, 5) is 17.3. The Morgan fingerprint density at radius 1 is 1.00 bits per heavy atom. The number of nitrogens with zero attached hydrogens (tertiary/aromatic N) is 4. The van der Waals surface area contributed by atoms with Crippen LogP contribution in [0.5, 0.6) is 0 Å². The van der Waals surface area contributed by atoms with E-state index in [1.54, 1.807) is 6.20 Å². The number of amides is 1. The van der Waals surface area contributed by atoms with Crippen molar-refractivity contribution in [1.82, 2.24) is 19.7 Å². The van der Waals surface area contributed by atoms with Crippen LogP contribution >= 0.6 is 11.8 Å². The zero-order valence-electron chi connectivity index (χ0n) is 20.5. The molecule has 6 nitrogen and oxygen atoms in total. The summed E-state index contributed by atoms with van der Waals surface area (Å²) in [7, 11) is 0. The minimum atomic E-state index is -0.0466. The van der Waals surface area contributed by atoms with Gasteiger partial charge >= 0.3 is 0 Å². The Balaban J connectivity index is 1.32. The summed E-state index contributed by atoms with van der Waals surface area (Å²) in [5.74, 6) is 1.59. The minimum absolute atomic E-state index is 0.0466. The number of carbonyl (C=O) groups is 1. The summed E-state index contributed by atoms with van der Waals surface area (Å²) in [5.41, 5.74) is 4.12. The van der Waals surface area contributed by atoms with E-state index in [9.17, 15) is 4.79 Å². The number of rotatable bonds is 8. The Hall–Kier alpha value is -3.45. The maximum atomic E-state index is 13.0. The first-order chi connectivity index (χ1) is 17.7. The van der Waals surface area contributed by atoms with Crippen LogP contribution in [0.4, 0.5) is 5.69 Å². The fraction of sp³-hybridized carbons (Fsp3) is 0.310. The van der Waals surface area contributed by atoms with Crippen LogP contribution in [0.25, 0.3) is 11.4 Å². The molecule has 2 aromatic carbocycles. The molecule has 0 unspecified atom stereocenters. The van der Waals surface area contributed by atoms with Crippen molar-refractivity contribution in [3.63, 3.8) is 0 Å². The Morgan fingerprint density at radius 2 is 1.81 bits per heavy atom. The van der Waals surface area contributed by atoms with Crippen molar-refractivity contribution in [2.24, 2.45) is 5.92 Å². The van der Waals surface area contributed by atoms with Crippen LogP contribution in [-0.2, 0) is 11.2 Å². The molecule has 5 rings (SSSR count). The van der Waals surface area contributed by atoms with Crippen LogP contribution in [0, 0.1) is 5.92 Å². The Bertz CT molecular complexity index is 1290. The highest BCUT2D eigenvalue weighted by atomic mass is 32.2. The molecule has 1 amide bonds. The van der Waals surface area contributed by atoms with Gasteiger partial charge in [0.2, 0.25) is 5.91 Å². The first-order valence-corrected chi connectivity index (χ1v) is 13.6. The third-order valence-electron chi connectivity index (χ3n) is 6.84. The summed E-state index contributed by atoms with van der Waals surface area (Å²) < 4.78 is 2.25. The summed E-state index contributed by atoms with van der Waals surface area (Å²) in [5, 5.41) is 13.0. The van der Waals surface area contributed by atoms with Gasteiger partial charge in [0.1, 0.15) is 0 Å². The first kappa shape index (κ1) is 24.3. The lowest BCUT2D eigenvalue weighted by Crippen LogP contribution is -2.23. The molecule has 1 aliphatic carbocycles. The number of benzene rings is 2. The van der Waals surface area contributed by atoms with Gasteiger partial charge in [0, 0.05) is 29.7 Å². The smallest absolute Gasteiger partial charge is 0.234 e. The van der Waals surface area contributed by atoms with Crippen LogP contribution in [0.2, 0.25) is 0 Å². The van der Waals surface area contributed by atoms with Gasteiger partial charge in [-0.1, -0.05) is 80.1 Å². The average molecular weight is 498 g/mol. The molecule has 0 aliphatic heterocycles. The lowest BCUT2D eigenvalue weighted by molar-refractivity contribution is -0.113. The number of carbonyl (C=O) groups excluding carboxylic acids is 1. The molecule has 1 aliphatic rings. The molecule has 1 fully saturated rings. The van der Waals surface area contributed by atoms with E-state index in [0.29, 0.717) is 12.0 Å². The van der Waals surface area contributed by atoms with E-state index in [0.717, 1.165) is 40.6 Å². The van der Waals surface area contributed by atoms with E-state index < -0.39 is 0 Å². The van der Waals surface area contributed by atoms with E-state index in [1.807, 2.05) is 54.7 Å². The quantitative estimate of drug-likeness (QED) is 0.285. The zero-order chi connectivity index (χ0) is 24.7. The van der Waals surface area contributed by atoms with Crippen LogP contribution in [0.3, 0.4) is 0 Å². The van der Waals surface area contributed by atoms with Gasteiger partial charge in [-0.2, -0.15) is 0 Å². The second-order valence-corrected chi connectivity index (χ2v) is 10.3. The number of thioether (sulfide) groups is 1. The van der Waals surface area contributed by atoms with Gasteiger partial charge in [0.25, 0.3) is 0 Å². The molecule has 2 aromatic heterocycles. The summed E-state index contributed by atoms with van der Waals surface area (Å²) in [6.45, 7) is 2.31. The third kappa shape index (κ3) is 5.68. The van der Waals surface area contributed by atoms with Crippen molar-refractivity contribution in [2.45, 2.75) is 50.2 Å². The lowest BCUT2D eigenvalue weighted by Gasteiger charge is -2.31. The predicted molar refractivity (Wildman–Crippen MR) is 145 cm³/mol. The Morgan fingerprint density at radius 3 is 2.61 bits per heavy atom. The van der Waals surface area contributed by atoms with Gasteiger partial charge in [-0.25, -0.2) is 0 Å². The van der Waals surface area contributed by atoms with Crippen LogP contribution in [0.1, 0.15) is 49.8 Å². The van der Waals surface area contributed by atoms with Gasteiger partial charge in [0.15, 0.2) is 11.0 Å². The topological polar surface area (TPSA) is 72.7 Å². The van der Waals surface area contributed by atoms with Crippen molar-refractivity contribution in [1.29, 1.82) is 0 Å². The normalized spacial score (nSPS) is 17.6. The second-order valence-electron chi connectivity index (χ2n) is 9.40. The molecule has 184 valence electrons. The molecule has 0 saturated heterocycles. The molecular formula is C29H31N5OS. The molecule has 2 heterocycles. The second kappa shape index (κ2) is 11.5. The van der Waals surface area contributed by atoms with Crippen LogP contribution in [-0.4, -0.2) is 31.4 Å². The first-order valence-electron chi connectivity index (χ1n) is 12.6. The summed E-state index contributed by atoms with van der Waals surface area (Å²) in [6.07, 6.45) is 9.11. The van der Waals surface area contributed by atoms with Crippen molar-refractivity contribution < 1.29 is 4.79 Å². The highest BCUT2D eigenvalue weighted by molar-refractivity contribution is 7.99. The van der Waals surface area contributed by atoms with Gasteiger partial charge in [0.05, 0.1) is 5.75 Å². The van der Waals surface area contributed by atoms with Crippen molar-refractivity contribution in [3.8, 4) is 11.4 Å². The van der Waals surface area contributed by atoms with Crippen LogP contribution in [0.15, 0.2) is 84.3 Å². The largest absolute Gasteiger partial charge is 0.325 e. The predicted octanol–water partition coefficient (Wildman–Crippen LogP) is 6.41. The minimum Gasteiger partial charge on any atom is -0.325 e. The number of para-hydroxylation sites is 1. The molecule has 7 heteroatoms. The highest BCUT2D eigenvalue weighted by Gasteiger charge is 2.29. The lowest BCUT2D eigenvalue weighted by atomic mass is 9.85. The third-order valence-corrected chi connectivity index (χ3v) is 7.79. The van der Waals surface area contributed by atoms with E-state index in [2.05, 4.69) is 50.2 Å². The van der Waals surface area contributed by atoms with Crippen molar-refractivity contribution >= 4 is 23.4 Å². The SMILES string of the molecule is C[C@@H]1CCCC[C@H]1n1c(SCC(=O)Nc2ccccc2Cc2ccccc2)nnc1-c1cccnc1. The van der Waals surface area contributed by atoms with E-state index >= 15 is 0 Å². The highest BCUT2D eigenvalue weighted by Crippen LogP contribution is 2.38. The molecule has 4 aromatic rings.